The van der Waals surface area contributed by atoms with Crippen LogP contribution in [0, 0.1) is 40.4 Å². The summed E-state index contributed by atoms with van der Waals surface area (Å²) >= 11 is 1.60. The first-order valence-corrected chi connectivity index (χ1v) is 16.6. The summed E-state index contributed by atoms with van der Waals surface area (Å²) in [5.74, 6) is 0.723. The van der Waals surface area contributed by atoms with Crippen LogP contribution in [0.2, 0.25) is 0 Å². The fourth-order valence-electron chi connectivity index (χ4n) is 11.2. The SMILES string of the molecule is Cc1ccc(C(=O)C2=C[C@@]34C=C[C@@]25[C@@H]2CC[C@@](O)(CN6Cc7ccccc7C6)[C@@]2(C)CC[C@@H]5[C@@]3(C)CCC(O)C4)s1. The van der Waals surface area contributed by atoms with E-state index in [9.17, 15) is 15.0 Å². The van der Waals surface area contributed by atoms with E-state index in [-0.39, 0.29) is 39.5 Å². The quantitative estimate of drug-likeness (QED) is 0.312. The second kappa shape index (κ2) is 8.53. The molecule has 216 valence electrons. The summed E-state index contributed by atoms with van der Waals surface area (Å²) in [6.07, 6.45) is 13.1. The number of Topliss-reactive ketones (excluding diaryl/α,β-unsaturated/α-hetero) is 1. The van der Waals surface area contributed by atoms with E-state index in [0.717, 1.165) is 66.9 Å². The lowest BCUT2D eigenvalue weighted by molar-refractivity contribution is -0.176. The lowest BCUT2D eigenvalue weighted by Gasteiger charge is -2.71. The molecule has 1 aromatic carbocycles. The molecule has 1 aliphatic heterocycles. The first-order valence-electron chi connectivity index (χ1n) is 15.8. The van der Waals surface area contributed by atoms with Gasteiger partial charge in [-0.15, -0.1) is 11.3 Å². The van der Waals surface area contributed by atoms with Gasteiger partial charge in [0.1, 0.15) is 0 Å². The number of aliphatic hydroxyl groups excluding tert-OH is 1. The molecule has 0 saturated heterocycles. The number of fused-ring (bicyclic) bond motifs is 2. The number of nitrogens with zero attached hydrogens (tertiary/aromatic N) is 1. The molecule has 2 N–H and O–H groups in total. The number of aliphatic hydroxyl groups is 2. The van der Waals surface area contributed by atoms with Crippen molar-refractivity contribution in [1.29, 1.82) is 0 Å². The highest BCUT2D eigenvalue weighted by Gasteiger charge is 2.74. The van der Waals surface area contributed by atoms with Crippen LogP contribution in [0.4, 0.5) is 0 Å². The van der Waals surface area contributed by atoms with Gasteiger partial charge in [0.2, 0.25) is 0 Å². The van der Waals surface area contributed by atoms with Crippen molar-refractivity contribution in [3.63, 3.8) is 0 Å². The van der Waals surface area contributed by atoms with Gasteiger partial charge < -0.3 is 10.2 Å². The minimum absolute atomic E-state index is 0.00869. The Hall–Kier alpha value is -2.05. The normalized spacial score (nSPS) is 44.2. The van der Waals surface area contributed by atoms with Crippen molar-refractivity contribution in [2.24, 2.45) is 33.5 Å². The first kappa shape index (κ1) is 26.6. The number of ketones is 1. The number of carbonyl (C=O) groups is 1. The van der Waals surface area contributed by atoms with E-state index in [2.05, 4.69) is 74.2 Å². The van der Waals surface area contributed by atoms with Crippen molar-refractivity contribution in [3.05, 3.63) is 81.1 Å². The third kappa shape index (κ3) is 3.30. The van der Waals surface area contributed by atoms with Crippen LogP contribution in [-0.2, 0) is 13.1 Å². The lowest BCUT2D eigenvalue weighted by atomic mass is 9.32. The van der Waals surface area contributed by atoms with E-state index < -0.39 is 5.60 Å². The van der Waals surface area contributed by atoms with Crippen molar-refractivity contribution in [2.75, 3.05) is 6.54 Å². The third-order valence-corrected chi connectivity index (χ3v) is 14.3. The summed E-state index contributed by atoms with van der Waals surface area (Å²) < 4.78 is 0. The second-order valence-electron chi connectivity index (χ2n) is 15.0. The molecule has 5 heteroatoms. The Morgan fingerprint density at radius 1 is 0.951 bits per heavy atom. The van der Waals surface area contributed by atoms with Gasteiger partial charge in [-0.2, -0.15) is 0 Å². The van der Waals surface area contributed by atoms with Crippen LogP contribution in [0.25, 0.3) is 0 Å². The maximum absolute atomic E-state index is 14.5. The van der Waals surface area contributed by atoms with E-state index >= 15 is 0 Å². The molecule has 3 fully saturated rings. The predicted octanol–water partition coefficient (Wildman–Crippen LogP) is 6.85. The second-order valence-corrected chi connectivity index (χ2v) is 16.3. The average molecular weight is 570 g/mol. The minimum Gasteiger partial charge on any atom is -0.393 e. The van der Waals surface area contributed by atoms with Crippen LogP contribution in [-0.4, -0.2) is 39.1 Å². The molecule has 7 aliphatic rings. The molecule has 1 aromatic heterocycles. The van der Waals surface area contributed by atoms with Crippen LogP contribution < -0.4 is 0 Å². The van der Waals surface area contributed by atoms with Gasteiger partial charge in [-0.1, -0.05) is 56.3 Å². The Labute approximate surface area is 248 Å². The molecule has 1 unspecified atom stereocenters. The molecule has 2 aromatic rings. The highest BCUT2D eigenvalue weighted by Crippen LogP contribution is 2.78. The van der Waals surface area contributed by atoms with E-state index in [4.69, 9.17) is 0 Å². The van der Waals surface area contributed by atoms with Gasteiger partial charge in [0, 0.05) is 46.3 Å². The summed E-state index contributed by atoms with van der Waals surface area (Å²) in [7, 11) is 0. The van der Waals surface area contributed by atoms with Crippen LogP contribution in [0.1, 0.15) is 84.5 Å². The zero-order chi connectivity index (χ0) is 28.4. The summed E-state index contributed by atoms with van der Waals surface area (Å²) in [5.41, 5.74) is 2.00. The van der Waals surface area contributed by atoms with Crippen LogP contribution in [0.3, 0.4) is 0 Å². The molecule has 0 amide bonds. The number of allylic oxidation sites excluding steroid dienone is 4. The summed E-state index contributed by atoms with van der Waals surface area (Å²) in [5, 5.41) is 23.6. The largest absolute Gasteiger partial charge is 0.393 e. The molecule has 2 spiro atoms. The van der Waals surface area contributed by atoms with Gasteiger partial charge in [-0.05, 0) is 92.4 Å². The Morgan fingerprint density at radius 3 is 2.34 bits per heavy atom. The van der Waals surface area contributed by atoms with Crippen LogP contribution >= 0.6 is 11.3 Å². The van der Waals surface area contributed by atoms with Crippen LogP contribution in [0.15, 0.2) is 60.2 Å². The standard InChI is InChI=1S/C36H43NO3S/c1-23-8-9-28(41-23)31(39)27-19-34-16-17-36(27)29(32(34,2)13-10-26(38)18-34)11-14-33(3)30(36)12-15-35(33,40)22-37-20-24-6-4-5-7-25(24)21-37/h4-9,16-17,19,26,29-30,38,40H,10-15,18,20-22H2,1-3H3/t26?,29-,30-,32-,33+,34+,35-,36-/m1/s1. The number of rotatable bonds is 4. The molecular formula is C36H43NO3S. The summed E-state index contributed by atoms with van der Waals surface area (Å²) in [6, 6.07) is 12.7. The third-order valence-electron chi connectivity index (χ3n) is 13.3. The smallest absolute Gasteiger partial charge is 0.199 e. The van der Waals surface area contributed by atoms with Gasteiger partial charge in [-0.25, -0.2) is 0 Å². The number of thiophene rings is 1. The van der Waals surface area contributed by atoms with E-state index in [1.807, 2.05) is 6.07 Å². The van der Waals surface area contributed by atoms with E-state index in [0.29, 0.717) is 18.9 Å². The van der Waals surface area contributed by atoms with Crippen molar-refractivity contribution in [3.8, 4) is 0 Å². The molecular weight excluding hydrogens is 526 g/mol. The van der Waals surface area contributed by atoms with Gasteiger partial charge >= 0.3 is 0 Å². The number of carbonyl (C=O) groups excluding carboxylic acids is 1. The number of hydrogen-bond donors (Lipinski definition) is 2. The molecule has 6 aliphatic carbocycles. The van der Waals surface area contributed by atoms with Gasteiger partial charge in [-0.3, -0.25) is 9.69 Å². The Balaban J connectivity index is 1.22. The van der Waals surface area contributed by atoms with Crippen molar-refractivity contribution < 1.29 is 15.0 Å². The Bertz CT molecular complexity index is 1480. The maximum atomic E-state index is 14.5. The van der Waals surface area contributed by atoms with E-state index in [1.54, 1.807) is 11.3 Å². The molecule has 41 heavy (non-hydrogen) atoms. The van der Waals surface area contributed by atoms with E-state index in [1.165, 1.54) is 11.1 Å². The number of hydrogen-bond acceptors (Lipinski definition) is 5. The summed E-state index contributed by atoms with van der Waals surface area (Å²) in [6.45, 7) is 9.37. The Morgan fingerprint density at radius 2 is 1.63 bits per heavy atom. The van der Waals surface area contributed by atoms with Gasteiger partial charge in [0.25, 0.3) is 0 Å². The molecule has 4 nitrogen and oxygen atoms in total. The summed E-state index contributed by atoms with van der Waals surface area (Å²) in [4.78, 5) is 19.0. The maximum Gasteiger partial charge on any atom is 0.199 e. The van der Waals surface area contributed by atoms with Crippen molar-refractivity contribution in [1.82, 2.24) is 4.90 Å². The van der Waals surface area contributed by atoms with Gasteiger partial charge in [0.15, 0.2) is 5.78 Å². The molecule has 2 bridgehead atoms. The fourth-order valence-corrected chi connectivity index (χ4v) is 12.0. The highest BCUT2D eigenvalue weighted by molar-refractivity contribution is 7.14. The zero-order valence-electron chi connectivity index (χ0n) is 24.7. The lowest BCUT2D eigenvalue weighted by Crippen LogP contribution is -2.67. The highest BCUT2D eigenvalue weighted by atomic mass is 32.1. The monoisotopic (exact) mass is 569 g/mol. The minimum atomic E-state index is -0.795. The number of benzene rings is 1. The molecule has 3 saturated carbocycles. The van der Waals surface area contributed by atoms with Crippen molar-refractivity contribution >= 4 is 17.1 Å². The van der Waals surface area contributed by atoms with Crippen molar-refractivity contribution in [2.45, 2.75) is 90.5 Å². The first-order chi connectivity index (χ1) is 19.5. The van der Waals surface area contributed by atoms with Gasteiger partial charge in [0.05, 0.1) is 16.6 Å². The van der Waals surface area contributed by atoms with Crippen LogP contribution in [0.5, 0.6) is 0 Å². The Kier molecular flexibility index (Phi) is 5.53. The predicted molar refractivity (Wildman–Crippen MR) is 163 cm³/mol. The molecule has 2 heterocycles. The number of aryl methyl sites for hydroxylation is 1. The molecule has 8 atom stereocenters. The molecule has 9 rings (SSSR count). The average Bonchev–Trinajstić information content (AvgIpc) is 3.63. The fraction of sp³-hybridized carbons (Fsp3) is 0.583. The zero-order valence-corrected chi connectivity index (χ0v) is 25.5. The topological polar surface area (TPSA) is 60.8 Å². The molecule has 0 radical (unpaired) electrons. The number of β-amino-alcohol motifs (C(OH)–C–C–N with tert-alkyl or cyclic N) is 1.